The Morgan fingerprint density at radius 3 is 3.06 bits per heavy atom. The minimum absolute atomic E-state index is 0.0799. The van der Waals surface area contributed by atoms with Crippen LogP contribution in [0, 0.1) is 0 Å². The van der Waals surface area contributed by atoms with Crippen LogP contribution in [0.25, 0.3) is 0 Å². The number of pyridine rings is 1. The van der Waals surface area contributed by atoms with Gasteiger partial charge in [-0.1, -0.05) is 0 Å². The van der Waals surface area contributed by atoms with Crippen molar-refractivity contribution in [3.05, 3.63) is 40.3 Å². The molecule has 0 bridgehead atoms. The lowest BCUT2D eigenvalue weighted by Crippen LogP contribution is -2.26. The number of anilines is 2. The molecule has 1 amide bonds. The summed E-state index contributed by atoms with van der Waals surface area (Å²) in [4.78, 5) is 26.9. The van der Waals surface area contributed by atoms with E-state index in [1.54, 1.807) is 11.6 Å². The maximum Gasteiger partial charge on any atom is 0.251 e. The van der Waals surface area contributed by atoms with E-state index < -0.39 is 0 Å². The Kier molecular flexibility index (Phi) is 3.20. The van der Waals surface area contributed by atoms with Crippen LogP contribution in [0.15, 0.2) is 34.7 Å². The third-order valence-corrected chi connectivity index (χ3v) is 2.69. The monoisotopic (exact) mass is 250 g/mol. The fourth-order valence-electron chi connectivity index (χ4n) is 1.27. The van der Waals surface area contributed by atoms with Crippen molar-refractivity contribution < 1.29 is 4.79 Å². The molecule has 0 fully saturated rings. The smallest absolute Gasteiger partial charge is 0.251 e. The first-order chi connectivity index (χ1) is 8.15. The molecule has 0 saturated heterocycles. The summed E-state index contributed by atoms with van der Waals surface area (Å²) in [6.07, 6.45) is 3.02. The van der Waals surface area contributed by atoms with Crippen molar-refractivity contribution in [3.8, 4) is 0 Å². The van der Waals surface area contributed by atoms with Gasteiger partial charge in [-0.3, -0.25) is 9.59 Å². The Labute approximate surface area is 101 Å². The van der Waals surface area contributed by atoms with E-state index in [0.29, 0.717) is 10.8 Å². The van der Waals surface area contributed by atoms with E-state index in [2.05, 4.69) is 10.3 Å². The first-order valence-corrected chi connectivity index (χ1v) is 5.68. The second-order valence-corrected chi connectivity index (χ2v) is 4.21. The molecule has 2 aromatic rings. The highest BCUT2D eigenvalue weighted by molar-refractivity contribution is 7.13. The van der Waals surface area contributed by atoms with Crippen molar-refractivity contribution in [1.82, 2.24) is 9.55 Å². The van der Waals surface area contributed by atoms with Crippen molar-refractivity contribution in [1.29, 1.82) is 0 Å². The van der Waals surface area contributed by atoms with E-state index in [1.807, 2.05) is 0 Å². The van der Waals surface area contributed by atoms with Crippen molar-refractivity contribution >= 4 is 28.1 Å². The highest BCUT2D eigenvalue weighted by Crippen LogP contribution is 2.09. The van der Waals surface area contributed by atoms with E-state index in [9.17, 15) is 9.59 Å². The molecule has 0 aliphatic heterocycles. The number of nitrogens with two attached hydrogens (primary N) is 1. The van der Waals surface area contributed by atoms with Crippen molar-refractivity contribution in [2.24, 2.45) is 0 Å². The molecular weight excluding hydrogens is 240 g/mol. The van der Waals surface area contributed by atoms with Crippen LogP contribution in [0.5, 0.6) is 0 Å². The average Bonchev–Trinajstić information content (AvgIpc) is 2.76. The fraction of sp³-hybridized carbons (Fsp3) is 0.100. The summed E-state index contributed by atoms with van der Waals surface area (Å²) in [5.74, 6) is -0.312. The largest absolute Gasteiger partial charge is 0.398 e. The zero-order valence-electron chi connectivity index (χ0n) is 8.79. The fourth-order valence-corrected chi connectivity index (χ4v) is 1.82. The number of nitrogens with zero attached hydrogens (tertiary/aromatic N) is 2. The van der Waals surface area contributed by atoms with E-state index in [4.69, 9.17) is 5.73 Å². The van der Waals surface area contributed by atoms with Gasteiger partial charge in [0.05, 0.1) is 0 Å². The summed E-state index contributed by atoms with van der Waals surface area (Å²) in [5.41, 5.74) is 5.70. The Bertz CT molecular complexity index is 576. The molecule has 2 rings (SSSR count). The normalized spacial score (nSPS) is 10.1. The molecule has 0 saturated carbocycles. The molecule has 2 heterocycles. The minimum Gasteiger partial charge on any atom is -0.398 e. The summed E-state index contributed by atoms with van der Waals surface area (Å²) < 4.78 is 1.25. The zero-order chi connectivity index (χ0) is 12.3. The second kappa shape index (κ2) is 4.79. The lowest BCUT2D eigenvalue weighted by Gasteiger charge is -2.05. The maximum absolute atomic E-state index is 11.6. The number of thiazole rings is 1. The Balaban J connectivity index is 2.08. The maximum atomic E-state index is 11.6. The molecule has 0 aromatic carbocycles. The highest BCUT2D eigenvalue weighted by Gasteiger charge is 2.06. The molecule has 6 nitrogen and oxygen atoms in total. The van der Waals surface area contributed by atoms with Gasteiger partial charge in [0.25, 0.3) is 5.56 Å². The standard InChI is InChI=1S/C10H10N4O2S/c11-7-1-2-9(16)14(5-7)6-8(15)13-10-12-3-4-17-10/h1-5H,6,11H2,(H,12,13,15). The highest BCUT2D eigenvalue weighted by atomic mass is 32.1. The third kappa shape index (κ3) is 2.91. The molecule has 0 aliphatic rings. The van der Waals surface area contributed by atoms with Crippen LogP contribution in [0.2, 0.25) is 0 Å². The van der Waals surface area contributed by atoms with Crippen LogP contribution in [0.1, 0.15) is 0 Å². The van der Waals surface area contributed by atoms with Gasteiger partial charge < -0.3 is 15.6 Å². The number of hydrogen-bond acceptors (Lipinski definition) is 5. The summed E-state index contributed by atoms with van der Waals surface area (Å²) in [5, 5.41) is 4.84. The van der Waals surface area contributed by atoms with E-state index in [0.717, 1.165) is 0 Å². The van der Waals surface area contributed by atoms with Gasteiger partial charge >= 0.3 is 0 Å². The molecule has 88 valence electrons. The molecule has 17 heavy (non-hydrogen) atoms. The van der Waals surface area contributed by atoms with Gasteiger partial charge in [-0.25, -0.2) is 4.98 Å². The van der Waals surface area contributed by atoms with Gasteiger partial charge in [0.2, 0.25) is 5.91 Å². The van der Waals surface area contributed by atoms with Crippen molar-refractivity contribution in [2.75, 3.05) is 11.1 Å². The second-order valence-electron chi connectivity index (χ2n) is 3.31. The Morgan fingerprint density at radius 2 is 2.35 bits per heavy atom. The Morgan fingerprint density at radius 1 is 1.53 bits per heavy atom. The quantitative estimate of drug-likeness (QED) is 0.831. The predicted octanol–water partition coefficient (Wildman–Crippen LogP) is 0.526. The van der Waals surface area contributed by atoms with Gasteiger partial charge in [0.1, 0.15) is 6.54 Å². The number of hydrogen-bond donors (Lipinski definition) is 2. The van der Waals surface area contributed by atoms with E-state index in [-0.39, 0.29) is 18.0 Å². The van der Waals surface area contributed by atoms with Gasteiger partial charge in [-0.05, 0) is 6.07 Å². The summed E-state index contributed by atoms with van der Waals surface area (Å²) in [7, 11) is 0. The lowest BCUT2D eigenvalue weighted by molar-refractivity contribution is -0.116. The summed E-state index contributed by atoms with van der Waals surface area (Å²) >= 11 is 1.31. The van der Waals surface area contributed by atoms with Crippen LogP contribution in [-0.2, 0) is 11.3 Å². The summed E-state index contributed by atoms with van der Waals surface area (Å²) in [6, 6.07) is 2.82. The molecule has 0 radical (unpaired) electrons. The molecule has 0 unspecified atom stereocenters. The number of rotatable bonds is 3. The van der Waals surface area contributed by atoms with Gasteiger partial charge in [-0.15, -0.1) is 11.3 Å². The SMILES string of the molecule is Nc1ccc(=O)n(CC(=O)Nc2nccs2)c1. The van der Waals surface area contributed by atoms with Crippen LogP contribution < -0.4 is 16.6 Å². The van der Waals surface area contributed by atoms with Gasteiger partial charge in [0, 0.05) is 29.5 Å². The summed E-state index contributed by atoms with van der Waals surface area (Å²) in [6.45, 7) is -0.0799. The molecule has 0 spiro atoms. The molecule has 7 heteroatoms. The molecule has 0 atom stereocenters. The number of aromatic nitrogens is 2. The average molecular weight is 250 g/mol. The molecule has 3 N–H and O–H groups in total. The molecule has 2 aromatic heterocycles. The van der Waals surface area contributed by atoms with Crippen LogP contribution in [0.4, 0.5) is 10.8 Å². The zero-order valence-corrected chi connectivity index (χ0v) is 9.61. The van der Waals surface area contributed by atoms with Gasteiger partial charge in [-0.2, -0.15) is 0 Å². The topological polar surface area (TPSA) is 90.0 Å². The predicted molar refractivity (Wildman–Crippen MR) is 65.9 cm³/mol. The van der Waals surface area contributed by atoms with Crippen LogP contribution in [0.3, 0.4) is 0 Å². The number of carbonyl (C=O) groups is 1. The van der Waals surface area contributed by atoms with Gasteiger partial charge in [0.15, 0.2) is 5.13 Å². The first-order valence-electron chi connectivity index (χ1n) is 4.80. The molecular formula is C10H10N4O2S. The van der Waals surface area contributed by atoms with Crippen molar-refractivity contribution in [2.45, 2.75) is 6.54 Å². The first kappa shape index (κ1) is 11.3. The van der Waals surface area contributed by atoms with E-state index >= 15 is 0 Å². The number of nitrogens with one attached hydrogen (secondary N) is 1. The number of carbonyl (C=O) groups excluding carboxylic acids is 1. The lowest BCUT2D eigenvalue weighted by atomic mass is 10.4. The van der Waals surface area contributed by atoms with Crippen molar-refractivity contribution in [3.63, 3.8) is 0 Å². The minimum atomic E-state index is -0.312. The van der Waals surface area contributed by atoms with E-state index in [1.165, 1.54) is 34.2 Å². The number of amides is 1. The number of nitrogen functional groups attached to an aromatic ring is 1. The Hall–Kier alpha value is -2.15. The van der Waals surface area contributed by atoms with Crippen LogP contribution >= 0.6 is 11.3 Å². The third-order valence-electron chi connectivity index (χ3n) is 2.00. The molecule has 0 aliphatic carbocycles. The van der Waals surface area contributed by atoms with Crippen LogP contribution in [-0.4, -0.2) is 15.5 Å².